The second-order valence-corrected chi connectivity index (χ2v) is 9.59. The van der Waals surface area contributed by atoms with Crippen LogP contribution in [-0.2, 0) is 6.42 Å². The fourth-order valence-electron chi connectivity index (χ4n) is 3.83. The maximum atomic E-state index is 9.84. The predicted molar refractivity (Wildman–Crippen MR) is 120 cm³/mol. The molecule has 5 nitrogen and oxygen atoms in total. The maximum Gasteiger partial charge on any atom is 0.133 e. The Morgan fingerprint density at radius 3 is 2.52 bits per heavy atom. The Kier molecular flexibility index (Phi) is 6.04. The summed E-state index contributed by atoms with van der Waals surface area (Å²) in [7, 11) is 0. The Labute approximate surface area is 178 Å². The molecule has 0 radical (unpaired) electrons. The van der Waals surface area contributed by atoms with Gasteiger partial charge in [0.2, 0.25) is 0 Å². The zero-order valence-corrected chi connectivity index (χ0v) is 18.5. The molecule has 0 spiro atoms. The standard InChI is InChI=1S/C23H31N3O2S/c1-4-25-10-12-26(13-11-25)22-19-9-14-29-21(19)15-20(24-22)17-5-7-18(8-6-17)28-16-23(2,3)27/h5-8,15,27H,4,9-14,16H2,1-3H3. The number of likely N-dealkylation sites (N-methyl/N-ethyl adjacent to an activating group) is 1. The highest BCUT2D eigenvalue weighted by Gasteiger charge is 2.25. The van der Waals surface area contributed by atoms with Crippen LogP contribution in [0.3, 0.4) is 0 Å². The number of piperazine rings is 1. The van der Waals surface area contributed by atoms with Crippen molar-refractivity contribution in [3.63, 3.8) is 0 Å². The van der Waals surface area contributed by atoms with Crippen LogP contribution in [-0.4, -0.2) is 65.7 Å². The van der Waals surface area contributed by atoms with Gasteiger partial charge in [0, 0.05) is 48.0 Å². The van der Waals surface area contributed by atoms with Gasteiger partial charge in [0.25, 0.3) is 0 Å². The molecule has 1 N–H and O–H groups in total. The van der Waals surface area contributed by atoms with Gasteiger partial charge in [-0.25, -0.2) is 4.98 Å². The summed E-state index contributed by atoms with van der Waals surface area (Å²) >= 11 is 1.94. The molecule has 0 atom stereocenters. The summed E-state index contributed by atoms with van der Waals surface area (Å²) in [6.07, 6.45) is 1.11. The zero-order valence-electron chi connectivity index (χ0n) is 17.6. The van der Waals surface area contributed by atoms with Crippen molar-refractivity contribution in [3.8, 4) is 17.0 Å². The maximum absolute atomic E-state index is 9.84. The molecule has 0 amide bonds. The van der Waals surface area contributed by atoms with E-state index in [2.05, 4.69) is 34.9 Å². The first-order valence-corrected chi connectivity index (χ1v) is 11.5. The summed E-state index contributed by atoms with van der Waals surface area (Å²) in [5.41, 5.74) is 2.71. The monoisotopic (exact) mass is 413 g/mol. The van der Waals surface area contributed by atoms with Gasteiger partial charge in [0.05, 0.1) is 11.3 Å². The van der Waals surface area contributed by atoms with Crippen molar-refractivity contribution < 1.29 is 9.84 Å². The van der Waals surface area contributed by atoms with Crippen LogP contribution in [0, 0.1) is 0 Å². The van der Waals surface area contributed by atoms with Crippen molar-refractivity contribution in [1.82, 2.24) is 9.88 Å². The largest absolute Gasteiger partial charge is 0.491 e. The average Bonchev–Trinajstić information content (AvgIpc) is 3.20. The fraction of sp³-hybridized carbons (Fsp3) is 0.522. The number of rotatable bonds is 6. The Morgan fingerprint density at radius 1 is 1.14 bits per heavy atom. The van der Waals surface area contributed by atoms with Crippen LogP contribution in [0.15, 0.2) is 35.2 Å². The van der Waals surface area contributed by atoms with Crippen molar-refractivity contribution in [1.29, 1.82) is 0 Å². The minimum atomic E-state index is -0.839. The molecule has 6 heteroatoms. The van der Waals surface area contributed by atoms with Gasteiger partial charge in [-0.2, -0.15) is 0 Å². The summed E-state index contributed by atoms with van der Waals surface area (Å²) in [5, 5.41) is 9.84. The molecular formula is C23H31N3O2S. The number of pyridine rings is 1. The number of fused-ring (bicyclic) bond motifs is 1. The first-order chi connectivity index (χ1) is 13.9. The molecule has 2 aliphatic heterocycles. The van der Waals surface area contributed by atoms with E-state index in [0.717, 1.165) is 61.9 Å². The number of nitrogens with zero attached hydrogens (tertiary/aromatic N) is 3. The van der Waals surface area contributed by atoms with E-state index in [-0.39, 0.29) is 6.61 Å². The van der Waals surface area contributed by atoms with E-state index in [4.69, 9.17) is 9.72 Å². The summed E-state index contributed by atoms with van der Waals surface area (Å²) in [4.78, 5) is 11.5. The Balaban J connectivity index is 1.57. The van der Waals surface area contributed by atoms with E-state index in [1.54, 1.807) is 13.8 Å². The molecule has 0 bridgehead atoms. The van der Waals surface area contributed by atoms with Crippen LogP contribution in [0.25, 0.3) is 11.3 Å². The van der Waals surface area contributed by atoms with Crippen LogP contribution >= 0.6 is 11.8 Å². The van der Waals surface area contributed by atoms with Gasteiger partial charge in [-0.15, -0.1) is 11.8 Å². The summed E-state index contributed by atoms with van der Waals surface area (Å²) in [5.74, 6) is 3.09. The smallest absolute Gasteiger partial charge is 0.133 e. The summed E-state index contributed by atoms with van der Waals surface area (Å²) in [6, 6.07) is 10.3. The lowest BCUT2D eigenvalue weighted by molar-refractivity contribution is 0.0285. The number of hydrogen-bond donors (Lipinski definition) is 1. The van der Waals surface area contributed by atoms with Crippen LogP contribution in [0.1, 0.15) is 26.3 Å². The van der Waals surface area contributed by atoms with Gasteiger partial charge in [0.1, 0.15) is 18.2 Å². The molecule has 0 unspecified atom stereocenters. The average molecular weight is 414 g/mol. The molecule has 0 saturated carbocycles. The SMILES string of the molecule is CCN1CCN(c2nc(-c3ccc(OCC(C)(C)O)cc3)cc3c2CCS3)CC1. The van der Waals surface area contributed by atoms with E-state index in [0.29, 0.717) is 0 Å². The van der Waals surface area contributed by atoms with Crippen LogP contribution in [0.5, 0.6) is 5.75 Å². The second kappa shape index (κ2) is 8.54. The van der Waals surface area contributed by atoms with Gasteiger partial charge in [0.15, 0.2) is 0 Å². The van der Waals surface area contributed by atoms with Crippen LogP contribution in [0.4, 0.5) is 5.82 Å². The Bertz CT molecular complexity index is 840. The second-order valence-electron chi connectivity index (χ2n) is 8.45. The van der Waals surface area contributed by atoms with Crippen molar-refractivity contribution in [2.45, 2.75) is 37.7 Å². The van der Waals surface area contributed by atoms with Gasteiger partial charge < -0.3 is 19.6 Å². The third-order valence-electron chi connectivity index (χ3n) is 5.53. The zero-order chi connectivity index (χ0) is 20.4. The molecule has 156 valence electrons. The number of aromatic nitrogens is 1. The van der Waals surface area contributed by atoms with E-state index in [1.165, 1.54) is 16.3 Å². The quantitative estimate of drug-likeness (QED) is 0.780. The molecule has 29 heavy (non-hydrogen) atoms. The third kappa shape index (κ3) is 4.87. The van der Waals surface area contributed by atoms with Crippen molar-refractivity contribution in [2.24, 2.45) is 0 Å². The third-order valence-corrected chi connectivity index (χ3v) is 6.62. The normalized spacial score (nSPS) is 17.4. The molecule has 3 heterocycles. The highest BCUT2D eigenvalue weighted by atomic mass is 32.2. The fourth-order valence-corrected chi connectivity index (χ4v) is 4.92. The molecule has 4 rings (SSSR count). The van der Waals surface area contributed by atoms with E-state index in [1.807, 2.05) is 23.9 Å². The van der Waals surface area contributed by atoms with Crippen LogP contribution in [0.2, 0.25) is 0 Å². The highest BCUT2D eigenvalue weighted by molar-refractivity contribution is 7.99. The molecule has 1 aromatic carbocycles. The first-order valence-electron chi connectivity index (χ1n) is 10.5. The molecule has 2 aromatic rings. The van der Waals surface area contributed by atoms with Crippen LogP contribution < -0.4 is 9.64 Å². The van der Waals surface area contributed by atoms with Crippen molar-refractivity contribution >= 4 is 17.6 Å². The minimum absolute atomic E-state index is 0.272. The predicted octanol–water partition coefficient (Wildman–Crippen LogP) is 3.69. The van der Waals surface area contributed by atoms with Crippen molar-refractivity contribution in [3.05, 3.63) is 35.9 Å². The van der Waals surface area contributed by atoms with Gasteiger partial charge in [-0.3, -0.25) is 0 Å². The van der Waals surface area contributed by atoms with Gasteiger partial charge in [-0.1, -0.05) is 6.92 Å². The molecular weight excluding hydrogens is 382 g/mol. The molecule has 1 fully saturated rings. The topological polar surface area (TPSA) is 48.8 Å². The Hall–Kier alpha value is -1.76. The number of benzene rings is 1. The molecule has 1 saturated heterocycles. The van der Waals surface area contributed by atoms with Gasteiger partial charge >= 0.3 is 0 Å². The number of aliphatic hydroxyl groups is 1. The number of anilines is 1. The molecule has 1 aromatic heterocycles. The van der Waals surface area contributed by atoms with E-state index < -0.39 is 5.60 Å². The lowest BCUT2D eigenvalue weighted by atomic mass is 10.1. The molecule has 2 aliphatic rings. The first kappa shape index (κ1) is 20.5. The van der Waals surface area contributed by atoms with Gasteiger partial charge in [-0.05, 0) is 57.1 Å². The highest BCUT2D eigenvalue weighted by Crippen LogP contribution is 2.39. The minimum Gasteiger partial charge on any atom is -0.491 e. The number of ether oxygens (including phenoxy) is 1. The van der Waals surface area contributed by atoms with E-state index >= 15 is 0 Å². The lowest BCUT2D eigenvalue weighted by Gasteiger charge is -2.35. The lowest BCUT2D eigenvalue weighted by Crippen LogP contribution is -2.46. The molecule has 0 aliphatic carbocycles. The summed E-state index contributed by atoms with van der Waals surface area (Å²) < 4.78 is 5.69. The summed E-state index contributed by atoms with van der Waals surface area (Å²) in [6.45, 7) is 11.4. The van der Waals surface area contributed by atoms with Crippen molar-refractivity contribution in [2.75, 3.05) is 50.0 Å². The van der Waals surface area contributed by atoms with E-state index in [9.17, 15) is 5.11 Å². The Morgan fingerprint density at radius 2 is 1.86 bits per heavy atom. The number of hydrogen-bond acceptors (Lipinski definition) is 6. The number of thioether (sulfide) groups is 1.